The van der Waals surface area contributed by atoms with Crippen molar-refractivity contribution in [2.75, 3.05) is 26.9 Å². The molecule has 136 valence electrons. The molecule has 1 aliphatic rings. The van der Waals surface area contributed by atoms with Gasteiger partial charge < -0.3 is 19.5 Å². The van der Waals surface area contributed by atoms with Crippen LogP contribution in [0.5, 0.6) is 11.5 Å². The van der Waals surface area contributed by atoms with Crippen molar-refractivity contribution >= 4 is 0 Å². The number of hydrogen-bond acceptors (Lipinski definition) is 5. The van der Waals surface area contributed by atoms with E-state index >= 15 is 0 Å². The summed E-state index contributed by atoms with van der Waals surface area (Å²) in [5.74, 6) is 1.63. The van der Waals surface area contributed by atoms with Crippen molar-refractivity contribution in [2.24, 2.45) is 0 Å². The van der Waals surface area contributed by atoms with Gasteiger partial charge in [0.1, 0.15) is 24.2 Å². The summed E-state index contributed by atoms with van der Waals surface area (Å²) < 4.78 is 19.0. The summed E-state index contributed by atoms with van der Waals surface area (Å²) in [6.07, 6.45) is 6.23. The molecule has 0 saturated carbocycles. The number of rotatable bonds is 8. The third-order valence-corrected chi connectivity index (χ3v) is 4.45. The molecule has 1 aliphatic heterocycles. The summed E-state index contributed by atoms with van der Waals surface area (Å²) in [7, 11) is 1.66. The Bertz CT molecular complexity index is 659. The highest BCUT2D eigenvalue weighted by atomic mass is 16.5. The van der Waals surface area contributed by atoms with E-state index in [0.29, 0.717) is 6.61 Å². The fourth-order valence-corrected chi connectivity index (χ4v) is 3.12. The molecule has 2 atom stereocenters. The Kier molecular flexibility index (Phi) is 6.30. The van der Waals surface area contributed by atoms with Crippen molar-refractivity contribution < 1.29 is 14.2 Å². The third kappa shape index (κ3) is 4.74. The van der Waals surface area contributed by atoms with Gasteiger partial charge in [-0.25, -0.2) is 0 Å². The quantitative estimate of drug-likeness (QED) is 0.746. The van der Waals surface area contributed by atoms with Gasteiger partial charge in [-0.05, 0) is 31.9 Å². The van der Waals surface area contributed by atoms with Gasteiger partial charge in [0, 0.05) is 43.6 Å². The zero-order chi connectivity index (χ0) is 17.5. The lowest BCUT2D eigenvalue weighted by Gasteiger charge is -2.32. The average molecular weight is 345 g/mol. The first-order valence-electron chi connectivity index (χ1n) is 8.94. The Hall–Kier alpha value is -2.05. The number of ether oxygens (including phenoxy) is 3. The van der Waals surface area contributed by atoms with Gasteiger partial charge in [-0.1, -0.05) is 6.07 Å². The van der Waals surface area contributed by atoms with Crippen molar-refractivity contribution in [2.45, 2.75) is 38.5 Å². The van der Waals surface area contributed by atoms with Gasteiger partial charge in [0.05, 0.1) is 13.3 Å². The van der Waals surface area contributed by atoms with Crippen LogP contribution in [0.4, 0.5) is 0 Å². The van der Waals surface area contributed by atoms with Crippen LogP contribution >= 0.6 is 0 Å². The predicted octanol–water partition coefficient (Wildman–Crippen LogP) is 2.80. The summed E-state index contributed by atoms with van der Waals surface area (Å²) in [6, 6.07) is 7.96. The molecule has 0 radical (unpaired) electrons. The first kappa shape index (κ1) is 17.8. The molecule has 0 unspecified atom stereocenters. The first-order valence-corrected chi connectivity index (χ1v) is 8.94. The summed E-state index contributed by atoms with van der Waals surface area (Å²) in [5.41, 5.74) is 1.15. The SMILES string of the molecule is CCn1cc([C@@H]2OCCC[C@H]2NCCOc2cccc(OC)c2)cn1. The largest absolute Gasteiger partial charge is 0.497 e. The zero-order valence-corrected chi connectivity index (χ0v) is 15.0. The first-order chi connectivity index (χ1) is 12.3. The molecule has 1 saturated heterocycles. The predicted molar refractivity (Wildman–Crippen MR) is 96.1 cm³/mol. The Morgan fingerprint density at radius 1 is 1.36 bits per heavy atom. The van der Waals surface area contributed by atoms with Gasteiger partial charge in [0.25, 0.3) is 0 Å². The summed E-state index contributed by atoms with van der Waals surface area (Å²) in [6.45, 7) is 5.14. The van der Waals surface area contributed by atoms with Crippen LogP contribution in [0, 0.1) is 0 Å². The molecule has 0 amide bonds. The normalized spacial score (nSPS) is 20.4. The number of nitrogens with one attached hydrogen (secondary N) is 1. The molecule has 1 fully saturated rings. The Labute approximate surface area is 149 Å². The minimum absolute atomic E-state index is 0.0610. The fourth-order valence-electron chi connectivity index (χ4n) is 3.12. The molecule has 1 aromatic heterocycles. The molecule has 0 aliphatic carbocycles. The second-order valence-electron chi connectivity index (χ2n) is 6.15. The second-order valence-corrected chi connectivity index (χ2v) is 6.15. The highest BCUT2D eigenvalue weighted by molar-refractivity contribution is 5.32. The molecule has 25 heavy (non-hydrogen) atoms. The number of methoxy groups -OCH3 is 1. The van der Waals surface area contributed by atoms with Crippen molar-refractivity contribution in [3.63, 3.8) is 0 Å². The second kappa shape index (κ2) is 8.87. The molecule has 3 rings (SSSR count). The molecule has 6 nitrogen and oxygen atoms in total. The molecule has 1 N–H and O–H groups in total. The lowest BCUT2D eigenvalue weighted by Crippen LogP contribution is -2.41. The van der Waals surface area contributed by atoms with Crippen LogP contribution < -0.4 is 14.8 Å². The van der Waals surface area contributed by atoms with Crippen LogP contribution in [0.2, 0.25) is 0 Å². The number of nitrogens with zero attached hydrogens (tertiary/aromatic N) is 2. The van der Waals surface area contributed by atoms with Crippen LogP contribution in [0.1, 0.15) is 31.4 Å². The molecular formula is C19H27N3O3. The van der Waals surface area contributed by atoms with E-state index in [1.807, 2.05) is 35.1 Å². The number of aryl methyl sites for hydroxylation is 1. The van der Waals surface area contributed by atoms with E-state index in [1.165, 1.54) is 0 Å². The van der Waals surface area contributed by atoms with E-state index in [-0.39, 0.29) is 12.1 Å². The van der Waals surface area contributed by atoms with Crippen LogP contribution in [0.25, 0.3) is 0 Å². The minimum Gasteiger partial charge on any atom is -0.497 e. The van der Waals surface area contributed by atoms with Crippen LogP contribution in [0.3, 0.4) is 0 Å². The summed E-state index contributed by atoms with van der Waals surface area (Å²) in [4.78, 5) is 0. The monoisotopic (exact) mass is 345 g/mol. The van der Waals surface area contributed by atoms with E-state index in [2.05, 4.69) is 23.5 Å². The van der Waals surface area contributed by atoms with Crippen molar-refractivity contribution in [3.8, 4) is 11.5 Å². The molecule has 6 heteroatoms. The topological polar surface area (TPSA) is 57.5 Å². The average Bonchev–Trinajstić information content (AvgIpc) is 3.15. The van der Waals surface area contributed by atoms with Gasteiger partial charge in [0.2, 0.25) is 0 Å². The van der Waals surface area contributed by atoms with Gasteiger partial charge in [-0.15, -0.1) is 0 Å². The van der Waals surface area contributed by atoms with E-state index in [4.69, 9.17) is 14.2 Å². The van der Waals surface area contributed by atoms with Gasteiger partial charge in [-0.2, -0.15) is 5.10 Å². The minimum atomic E-state index is 0.0610. The van der Waals surface area contributed by atoms with Crippen LogP contribution in [0.15, 0.2) is 36.7 Å². The molecule has 2 aromatic rings. The van der Waals surface area contributed by atoms with Gasteiger partial charge >= 0.3 is 0 Å². The molecule has 1 aromatic carbocycles. The maximum absolute atomic E-state index is 6.01. The van der Waals surface area contributed by atoms with E-state index in [9.17, 15) is 0 Å². The summed E-state index contributed by atoms with van der Waals surface area (Å²) in [5, 5.41) is 7.95. The molecule has 0 spiro atoms. The maximum Gasteiger partial charge on any atom is 0.123 e. The van der Waals surface area contributed by atoms with Gasteiger partial charge in [0.15, 0.2) is 0 Å². The Morgan fingerprint density at radius 2 is 2.24 bits per heavy atom. The molecule has 2 heterocycles. The van der Waals surface area contributed by atoms with Gasteiger partial charge in [-0.3, -0.25) is 4.68 Å². The lowest BCUT2D eigenvalue weighted by molar-refractivity contribution is -0.0113. The summed E-state index contributed by atoms with van der Waals surface area (Å²) >= 11 is 0. The van der Waals surface area contributed by atoms with Crippen molar-refractivity contribution in [1.82, 2.24) is 15.1 Å². The third-order valence-electron chi connectivity index (χ3n) is 4.45. The number of benzene rings is 1. The standard InChI is InChI=1S/C19H27N3O3/c1-3-22-14-15(13-21-22)19-18(8-5-10-25-19)20-9-11-24-17-7-4-6-16(12-17)23-2/h4,6-7,12-14,18-20H,3,5,8-11H2,1-2H3/t18-,19+/m1/s1. The number of hydrogen-bond donors (Lipinski definition) is 1. The molecular weight excluding hydrogens is 318 g/mol. The fraction of sp³-hybridized carbons (Fsp3) is 0.526. The van der Waals surface area contributed by atoms with Crippen LogP contribution in [-0.4, -0.2) is 42.7 Å². The lowest BCUT2D eigenvalue weighted by atomic mass is 9.98. The number of aromatic nitrogens is 2. The van der Waals surface area contributed by atoms with Crippen molar-refractivity contribution in [3.05, 3.63) is 42.2 Å². The smallest absolute Gasteiger partial charge is 0.123 e. The molecule has 0 bridgehead atoms. The van der Waals surface area contributed by atoms with E-state index < -0.39 is 0 Å². The van der Waals surface area contributed by atoms with E-state index in [1.54, 1.807) is 7.11 Å². The zero-order valence-electron chi connectivity index (χ0n) is 15.0. The highest BCUT2D eigenvalue weighted by Gasteiger charge is 2.28. The van der Waals surface area contributed by atoms with E-state index in [0.717, 1.165) is 49.6 Å². The van der Waals surface area contributed by atoms with Crippen LogP contribution in [-0.2, 0) is 11.3 Å². The highest BCUT2D eigenvalue weighted by Crippen LogP contribution is 2.28. The Morgan fingerprint density at radius 3 is 3.04 bits per heavy atom. The Balaban J connectivity index is 1.50. The maximum atomic E-state index is 6.01. The van der Waals surface area contributed by atoms with Crippen molar-refractivity contribution in [1.29, 1.82) is 0 Å².